The number of aryl methyl sites for hydroxylation is 5. The molecule has 0 spiro atoms. The van der Waals surface area contributed by atoms with Crippen molar-refractivity contribution in [1.82, 2.24) is 19.3 Å². The van der Waals surface area contributed by atoms with E-state index in [1.165, 1.54) is 33.5 Å². The summed E-state index contributed by atoms with van der Waals surface area (Å²) in [7, 11) is 1.66. The van der Waals surface area contributed by atoms with Crippen molar-refractivity contribution in [3.8, 4) is 39.9 Å². The van der Waals surface area contributed by atoms with Crippen LogP contribution in [0, 0.1) is 39.8 Å². The average Bonchev–Trinajstić information content (AvgIpc) is 3.59. The van der Waals surface area contributed by atoms with Gasteiger partial charge in [-0.1, -0.05) is 62.2 Å². The second kappa shape index (κ2) is 13.4. The van der Waals surface area contributed by atoms with Gasteiger partial charge in [0.05, 0.1) is 12.8 Å². The molecule has 7 heteroatoms. The molecule has 0 aliphatic rings. The van der Waals surface area contributed by atoms with Crippen molar-refractivity contribution in [1.29, 1.82) is 0 Å². The van der Waals surface area contributed by atoms with Crippen LogP contribution in [0.15, 0.2) is 79.0 Å². The van der Waals surface area contributed by atoms with E-state index in [1.807, 2.05) is 30.3 Å². The van der Waals surface area contributed by atoms with Gasteiger partial charge in [-0.3, -0.25) is 4.68 Å². The van der Waals surface area contributed by atoms with Crippen LogP contribution in [0.1, 0.15) is 47.5 Å². The molecule has 7 aromatic rings. The Bertz CT molecular complexity index is 2280. The Morgan fingerprint density at radius 2 is 1.50 bits per heavy atom. The summed E-state index contributed by atoms with van der Waals surface area (Å²) >= 11 is 0. The molecule has 0 saturated heterocycles. The van der Waals surface area contributed by atoms with Crippen molar-refractivity contribution >= 4 is 21.8 Å². The molecule has 0 unspecified atom stereocenters. The Kier molecular flexibility index (Phi) is 9.29. The van der Waals surface area contributed by atoms with Gasteiger partial charge in [0, 0.05) is 40.5 Å². The van der Waals surface area contributed by atoms with Gasteiger partial charge in [-0.15, -0.1) is 35.7 Å². The van der Waals surface area contributed by atoms with E-state index in [1.54, 1.807) is 13.3 Å². The number of benzene rings is 4. The topological polar surface area (TPSA) is 54.1 Å². The first kappa shape index (κ1) is 33.2. The van der Waals surface area contributed by atoms with Crippen LogP contribution in [0.3, 0.4) is 0 Å². The van der Waals surface area contributed by atoms with Crippen LogP contribution in [-0.4, -0.2) is 26.4 Å². The van der Waals surface area contributed by atoms with Crippen LogP contribution in [0.25, 0.3) is 44.4 Å². The Morgan fingerprint density at radius 1 is 0.750 bits per heavy atom. The number of aromatic nitrogens is 4. The minimum Gasteiger partial charge on any atom is -0.509 e. The van der Waals surface area contributed by atoms with E-state index < -0.39 is 0 Å². The summed E-state index contributed by atoms with van der Waals surface area (Å²) in [6, 6.07) is 31.9. The molecule has 0 bridgehead atoms. The number of nitrogens with zero attached hydrogens (tertiary/aromatic N) is 4. The number of ether oxygens (including phenoxy) is 2. The fraction of sp³-hybridized carbons (Fsp3) is 0.220. The molecule has 3 heterocycles. The van der Waals surface area contributed by atoms with E-state index in [0.717, 1.165) is 63.2 Å². The van der Waals surface area contributed by atoms with E-state index in [-0.39, 0.29) is 20.4 Å². The standard InChI is InChI=1S/C41H38N4O2.Pd/c1-8-35-41(40-27(5)18-25(3)19-28(40)6)36(9-2)45(43-35)29-20-26(4)21-32(22-29)47-31-14-15-34-33-12-10-11-13-37(33)44(38(34)23-31)39-24-30(46-7)16-17-42-39;/h10-21,24H,8-9H2,1-7H3;/q-2;+2. The van der Waals surface area contributed by atoms with E-state index in [9.17, 15) is 0 Å². The van der Waals surface area contributed by atoms with Gasteiger partial charge in [-0.05, 0) is 73.5 Å². The molecule has 244 valence electrons. The van der Waals surface area contributed by atoms with Gasteiger partial charge in [0.25, 0.3) is 0 Å². The molecule has 0 saturated carbocycles. The van der Waals surface area contributed by atoms with Crippen molar-refractivity contribution in [2.75, 3.05) is 7.11 Å². The molecule has 3 aromatic heterocycles. The number of para-hydroxylation sites is 1. The predicted octanol–water partition coefficient (Wildman–Crippen LogP) is 9.79. The van der Waals surface area contributed by atoms with Gasteiger partial charge in [-0.25, -0.2) is 4.98 Å². The van der Waals surface area contributed by atoms with Crippen LogP contribution >= 0.6 is 0 Å². The van der Waals surface area contributed by atoms with Gasteiger partial charge < -0.3 is 14.0 Å². The Hall–Kier alpha value is -4.70. The molecule has 0 radical (unpaired) electrons. The second-order valence-electron chi connectivity index (χ2n) is 12.2. The van der Waals surface area contributed by atoms with Crippen molar-refractivity contribution in [2.24, 2.45) is 0 Å². The molecule has 48 heavy (non-hydrogen) atoms. The summed E-state index contributed by atoms with van der Waals surface area (Å²) in [5.74, 6) is 2.69. The minimum atomic E-state index is 0. The maximum atomic E-state index is 6.52. The molecule has 0 N–H and O–H groups in total. The molecule has 7 rings (SSSR count). The number of hydrogen-bond donors (Lipinski definition) is 0. The van der Waals surface area contributed by atoms with Crippen molar-refractivity contribution < 1.29 is 29.9 Å². The van der Waals surface area contributed by atoms with Gasteiger partial charge in [-0.2, -0.15) is 16.7 Å². The zero-order valence-electron chi connectivity index (χ0n) is 28.3. The normalized spacial score (nSPS) is 11.2. The van der Waals surface area contributed by atoms with Crippen LogP contribution < -0.4 is 9.47 Å². The minimum absolute atomic E-state index is 0. The zero-order valence-corrected chi connectivity index (χ0v) is 29.9. The summed E-state index contributed by atoms with van der Waals surface area (Å²) < 4.78 is 16.2. The maximum Gasteiger partial charge on any atom is 2.00 e. The monoisotopic (exact) mass is 724 g/mol. The summed E-state index contributed by atoms with van der Waals surface area (Å²) in [6.07, 6.45) is 3.43. The first-order valence-electron chi connectivity index (χ1n) is 16.2. The fourth-order valence-corrected chi connectivity index (χ4v) is 6.91. The van der Waals surface area contributed by atoms with E-state index in [2.05, 4.69) is 110 Å². The number of fused-ring (bicyclic) bond motifs is 3. The van der Waals surface area contributed by atoms with Gasteiger partial charge in [0.2, 0.25) is 0 Å². The molecule has 0 aliphatic carbocycles. The molecule has 4 aromatic carbocycles. The van der Waals surface area contributed by atoms with Gasteiger partial charge in [0.1, 0.15) is 11.6 Å². The Balaban J connectivity index is 0.00000401. The second-order valence-corrected chi connectivity index (χ2v) is 12.2. The van der Waals surface area contributed by atoms with Gasteiger partial charge in [0.15, 0.2) is 0 Å². The molecule has 0 atom stereocenters. The first-order valence-corrected chi connectivity index (χ1v) is 16.2. The third-order valence-corrected chi connectivity index (χ3v) is 8.81. The average molecular weight is 725 g/mol. The summed E-state index contributed by atoms with van der Waals surface area (Å²) in [5.41, 5.74) is 12.4. The molecule has 0 fully saturated rings. The smallest absolute Gasteiger partial charge is 0.509 e. The molecule has 6 nitrogen and oxygen atoms in total. The third kappa shape index (κ3) is 5.83. The maximum absolute atomic E-state index is 6.52. The number of methoxy groups -OCH3 is 1. The summed E-state index contributed by atoms with van der Waals surface area (Å²) in [6.45, 7) is 13.0. The quantitative estimate of drug-likeness (QED) is 0.116. The third-order valence-electron chi connectivity index (χ3n) is 8.81. The fourth-order valence-electron chi connectivity index (χ4n) is 6.91. The van der Waals surface area contributed by atoms with Crippen LogP contribution in [-0.2, 0) is 33.3 Å². The summed E-state index contributed by atoms with van der Waals surface area (Å²) in [4.78, 5) is 4.68. The van der Waals surface area contributed by atoms with E-state index >= 15 is 0 Å². The molecule has 0 aliphatic heterocycles. The largest absolute Gasteiger partial charge is 2.00 e. The summed E-state index contributed by atoms with van der Waals surface area (Å²) in [5, 5.41) is 7.35. The molecular weight excluding hydrogens is 687 g/mol. The van der Waals surface area contributed by atoms with E-state index in [4.69, 9.17) is 14.6 Å². The molecular formula is C41H38N4O2Pd. The predicted molar refractivity (Wildman–Crippen MR) is 190 cm³/mol. The number of pyridine rings is 1. The first-order chi connectivity index (χ1) is 22.8. The van der Waals surface area contributed by atoms with Crippen LogP contribution in [0.2, 0.25) is 0 Å². The molecule has 0 amide bonds. The number of rotatable bonds is 8. The van der Waals surface area contributed by atoms with Crippen LogP contribution in [0.4, 0.5) is 0 Å². The SMILES string of the molecule is CCc1nn(-c2[c-]c(Oc3[c-]c4c(cc3)c3ccccc3n4-c3cc(OC)ccn3)cc(C)c2)c(CC)c1-c1c(C)cc(C)cc1C.[Pd+2]. The van der Waals surface area contributed by atoms with Crippen molar-refractivity contribution in [3.63, 3.8) is 0 Å². The van der Waals surface area contributed by atoms with Crippen molar-refractivity contribution in [2.45, 2.75) is 54.4 Å². The zero-order chi connectivity index (χ0) is 32.8. The van der Waals surface area contributed by atoms with Crippen LogP contribution in [0.5, 0.6) is 17.2 Å². The Labute approximate surface area is 296 Å². The number of hydrogen-bond acceptors (Lipinski definition) is 4. The Morgan fingerprint density at radius 3 is 2.23 bits per heavy atom. The van der Waals surface area contributed by atoms with Crippen molar-refractivity contribution in [3.05, 3.63) is 125 Å². The van der Waals surface area contributed by atoms with Gasteiger partial charge >= 0.3 is 20.4 Å². The van der Waals surface area contributed by atoms with E-state index in [0.29, 0.717) is 11.5 Å².